The first-order valence-electron chi connectivity index (χ1n) is 5.79. The Labute approximate surface area is 90.7 Å². The molecule has 80 valence electrons. The highest BCUT2D eigenvalue weighted by Gasteiger charge is 2.09. The van der Waals surface area contributed by atoms with Gasteiger partial charge in [-0.05, 0) is 26.7 Å². The zero-order valence-corrected chi connectivity index (χ0v) is 10.6. The van der Waals surface area contributed by atoms with E-state index in [0.717, 1.165) is 5.82 Å². The fraction of sp³-hybridized carbons (Fsp3) is 0.692. The lowest BCUT2D eigenvalue weighted by atomic mass is 9.54. The zero-order valence-electron chi connectivity index (χ0n) is 10.6. The Morgan fingerprint density at radius 1 is 1.29 bits per heavy atom. The summed E-state index contributed by atoms with van der Waals surface area (Å²) in [6.45, 7) is 15.2. The molecule has 2 unspecified atom stereocenters. The third kappa shape index (κ3) is 5.31. The fourth-order valence-electron chi connectivity index (χ4n) is 1.81. The zero-order chi connectivity index (χ0) is 11.1. The number of rotatable bonds is 6. The van der Waals surface area contributed by atoms with Gasteiger partial charge in [0.25, 0.3) is 0 Å². The average molecular weight is 192 g/mol. The van der Waals surface area contributed by atoms with Gasteiger partial charge in [-0.2, -0.15) is 0 Å². The Hall–Kier alpha value is -0.455. The van der Waals surface area contributed by atoms with E-state index in [1.165, 1.54) is 20.1 Å². The number of hydrogen-bond donors (Lipinski definition) is 0. The fourth-order valence-corrected chi connectivity index (χ4v) is 1.81. The Kier molecular flexibility index (Phi) is 6.69. The van der Waals surface area contributed by atoms with Gasteiger partial charge in [0.1, 0.15) is 7.28 Å². The molecule has 0 saturated carbocycles. The second-order valence-electron chi connectivity index (χ2n) is 4.67. The lowest BCUT2D eigenvalue weighted by molar-refractivity contribution is 0.850. The predicted molar refractivity (Wildman–Crippen MR) is 69.5 cm³/mol. The van der Waals surface area contributed by atoms with E-state index >= 15 is 0 Å². The molecule has 0 fully saturated rings. The van der Waals surface area contributed by atoms with E-state index in [4.69, 9.17) is 0 Å². The van der Waals surface area contributed by atoms with Crippen LogP contribution >= 0.6 is 0 Å². The van der Waals surface area contributed by atoms with Crippen molar-refractivity contribution in [3.05, 3.63) is 23.8 Å². The summed E-state index contributed by atoms with van der Waals surface area (Å²) in [6, 6.07) is 0. The van der Waals surface area contributed by atoms with Gasteiger partial charge in [0, 0.05) is 0 Å². The van der Waals surface area contributed by atoms with E-state index in [1.54, 1.807) is 11.1 Å². The maximum atomic E-state index is 3.83. The molecule has 0 amide bonds. The summed E-state index contributed by atoms with van der Waals surface area (Å²) in [7, 11) is 1.26. The smallest absolute Gasteiger partial charge is 0.104 e. The molecule has 0 bridgehead atoms. The van der Waals surface area contributed by atoms with Gasteiger partial charge in [-0.15, -0.1) is 6.58 Å². The van der Waals surface area contributed by atoms with Crippen molar-refractivity contribution >= 4 is 7.28 Å². The summed E-state index contributed by atoms with van der Waals surface area (Å²) in [4.78, 5) is 0. The van der Waals surface area contributed by atoms with Crippen molar-refractivity contribution in [2.75, 3.05) is 0 Å². The van der Waals surface area contributed by atoms with Crippen LogP contribution in [0.15, 0.2) is 23.8 Å². The molecule has 0 aliphatic heterocycles. The van der Waals surface area contributed by atoms with Crippen LogP contribution in [-0.2, 0) is 0 Å². The average Bonchev–Trinajstić information content (AvgIpc) is 2.15. The van der Waals surface area contributed by atoms with Gasteiger partial charge in [0.2, 0.25) is 0 Å². The highest BCUT2D eigenvalue weighted by atomic mass is 14.0. The molecule has 0 nitrogen and oxygen atoms in total. The summed E-state index contributed by atoms with van der Waals surface area (Å²) < 4.78 is 0. The Bertz CT molecular complexity index is 203. The van der Waals surface area contributed by atoms with Gasteiger partial charge >= 0.3 is 0 Å². The topological polar surface area (TPSA) is 0 Å². The van der Waals surface area contributed by atoms with Gasteiger partial charge in [-0.1, -0.05) is 49.6 Å². The van der Waals surface area contributed by atoms with Crippen LogP contribution in [0.25, 0.3) is 0 Å². The van der Waals surface area contributed by atoms with E-state index in [0.29, 0.717) is 5.82 Å². The molecule has 14 heavy (non-hydrogen) atoms. The van der Waals surface area contributed by atoms with Crippen molar-refractivity contribution in [2.24, 2.45) is 0 Å². The van der Waals surface area contributed by atoms with Crippen LogP contribution in [0.2, 0.25) is 11.6 Å². The summed E-state index contributed by atoms with van der Waals surface area (Å²) in [5.41, 5.74) is 3.14. The molecule has 0 aromatic heterocycles. The quantitative estimate of drug-likeness (QED) is 0.433. The van der Waals surface area contributed by atoms with Crippen molar-refractivity contribution in [1.29, 1.82) is 0 Å². The summed E-state index contributed by atoms with van der Waals surface area (Å²) in [5, 5.41) is 0. The van der Waals surface area contributed by atoms with Crippen molar-refractivity contribution < 1.29 is 0 Å². The normalized spacial score (nSPS) is 16.9. The molecule has 0 aliphatic carbocycles. The second-order valence-corrected chi connectivity index (χ2v) is 4.67. The summed E-state index contributed by atoms with van der Waals surface area (Å²) >= 11 is 0. The van der Waals surface area contributed by atoms with Crippen LogP contribution in [0.5, 0.6) is 0 Å². The van der Waals surface area contributed by atoms with Crippen LogP contribution in [0.3, 0.4) is 0 Å². The minimum atomic E-state index is 0.653. The van der Waals surface area contributed by atoms with Crippen molar-refractivity contribution in [3.63, 3.8) is 0 Å². The maximum absolute atomic E-state index is 3.83. The molecule has 0 heterocycles. The molecule has 0 spiro atoms. The van der Waals surface area contributed by atoms with Crippen LogP contribution in [0.1, 0.15) is 47.5 Å². The molecule has 0 rings (SSSR count). The third-order valence-electron chi connectivity index (χ3n) is 3.09. The van der Waals surface area contributed by atoms with Gasteiger partial charge in [-0.25, -0.2) is 0 Å². The highest BCUT2D eigenvalue weighted by Crippen LogP contribution is 2.23. The van der Waals surface area contributed by atoms with Crippen molar-refractivity contribution in [2.45, 2.75) is 59.1 Å². The highest BCUT2D eigenvalue weighted by molar-refractivity contribution is 6.40. The van der Waals surface area contributed by atoms with Crippen molar-refractivity contribution in [3.8, 4) is 0 Å². The lowest BCUT2D eigenvalue weighted by Gasteiger charge is -2.14. The molecule has 2 atom stereocenters. The summed E-state index contributed by atoms with van der Waals surface area (Å²) in [6.07, 6.45) is 4.50. The Morgan fingerprint density at radius 2 is 1.86 bits per heavy atom. The van der Waals surface area contributed by atoms with Crippen LogP contribution < -0.4 is 0 Å². The number of allylic oxidation sites excluding steroid dienone is 3. The van der Waals surface area contributed by atoms with Gasteiger partial charge < -0.3 is 0 Å². The number of hydrogen-bond acceptors (Lipinski definition) is 0. The molecule has 0 saturated heterocycles. The largest absolute Gasteiger partial charge is 0.132 e. The molecular formula is C13H25B. The molecule has 1 heteroatoms. The first-order valence-corrected chi connectivity index (χ1v) is 5.79. The molecule has 0 radical (unpaired) electrons. The molecular weight excluding hydrogens is 167 g/mol. The minimum absolute atomic E-state index is 0.653. The third-order valence-corrected chi connectivity index (χ3v) is 3.09. The van der Waals surface area contributed by atoms with Crippen LogP contribution in [0, 0.1) is 0 Å². The first-order chi connectivity index (χ1) is 6.51. The van der Waals surface area contributed by atoms with Crippen molar-refractivity contribution in [1.82, 2.24) is 0 Å². The predicted octanol–water partition coefficient (Wildman–Crippen LogP) is 4.36. The van der Waals surface area contributed by atoms with Gasteiger partial charge in [0.05, 0.1) is 0 Å². The van der Waals surface area contributed by atoms with E-state index in [9.17, 15) is 0 Å². The van der Waals surface area contributed by atoms with Gasteiger partial charge in [0.15, 0.2) is 0 Å². The molecule has 0 aromatic rings. The van der Waals surface area contributed by atoms with Crippen LogP contribution in [0.4, 0.5) is 0 Å². The molecule has 0 aliphatic rings. The van der Waals surface area contributed by atoms with E-state index in [2.05, 4.69) is 47.3 Å². The maximum Gasteiger partial charge on any atom is 0.132 e. The SMILES string of the molecule is C=CC(C)BC(C)C/C(C)=C(/C)CC. The minimum Gasteiger partial charge on any atom is -0.104 e. The van der Waals surface area contributed by atoms with Crippen LogP contribution in [-0.4, -0.2) is 7.28 Å². The second kappa shape index (κ2) is 6.92. The van der Waals surface area contributed by atoms with E-state index in [1.807, 2.05) is 0 Å². The standard InChI is InChI=1S/C13H25B/c1-7-10(3)11(4)9-13(6)14-12(5)8-2/h8,12-14H,2,7,9H2,1,3-6H3/b11-10-. The molecule has 0 N–H and O–H groups in total. The van der Waals surface area contributed by atoms with E-state index in [-0.39, 0.29) is 0 Å². The monoisotopic (exact) mass is 192 g/mol. The first kappa shape index (κ1) is 13.5. The van der Waals surface area contributed by atoms with E-state index < -0.39 is 0 Å². The molecule has 0 aromatic carbocycles. The summed E-state index contributed by atoms with van der Waals surface area (Å²) in [5.74, 6) is 1.43. The Morgan fingerprint density at radius 3 is 2.29 bits per heavy atom. The van der Waals surface area contributed by atoms with Gasteiger partial charge in [-0.3, -0.25) is 0 Å². The Balaban J connectivity index is 4.06. The lowest BCUT2D eigenvalue weighted by Crippen LogP contribution is -2.05.